The molecule has 0 spiro atoms. The molecule has 1 aliphatic heterocycles. The van der Waals surface area contributed by atoms with Gasteiger partial charge in [-0.3, -0.25) is 4.99 Å². The molecule has 1 heterocycles. The first-order valence-electron chi connectivity index (χ1n) is 6.66. The molecule has 0 N–H and O–H groups in total. The van der Waals surface area contributed by atoms with Gasteiger partial charge in [-0.25, -0.2) is 0 Å². The van der Waals surface area contributed by atoms with E-state index in [-0.39, 0.29) is 0 Å². The zero-order valence-corrected chi connectivity index (χ0v) is 11.0. The van der Waals surface area contributed by atoms with E-state index < -0.39 is 0 Å². The molecule has 90 valence electrons. The first kappa shape index (κ1) is 13.2. The predicted octanol–water partition coefficient (Wildman–Crippen LogP) is 4.90. The summed E-state index contributed by atoms with van der Waals surface area (Å²) in [5, 5.41) is 0. The highest BCUT2D eigenvalue weighted by atomic mass is 14.7. The van der Waals surface area contributed by atoms with Crippen LogP contribution in [0.1, 0.15) is 59.3 Å². The van der Waals surface area contributed by atoms with Crippen LogP contribution in [0.25, 0.3) is 0 Å². The molecule has 1 nitrogen and oxygen atoms in total. The van der Waals surface area contributed by atoms with Crippen LogP contribution in [0.15, 0.2) is 28.9 Å². The fraction of sp³-hybridized carbons (Fsp3) is 0.667. The van der Waals surface area contributed by atoms with Crippen molar-refractivity contribution in [2.75, 3.05) is 0 Å². The van der Waals surface area contributed by atoms with Crippen LogP contribution in [0, 0.1) is 5.92 Å². The van der Waals surface area contributed by atoms with Crippen molar-refractivity contribution >= 4 is 5.71 Å². The summed E-state index contributed by atoms with van der Waals surface area (Å²) < 4.78 is 0. The van der Waals surface area contributed by atoms with E-state index in [1.54, 1.807) is 5.57 Å². The van der Waals surface area contributed by atoms with Gasteiger partial charge < -0.3 is 0 Å². The van der Waals surface area contributed by atoms with E-state index in [0.717, 1.165) is 12.1 Å². The zero-order valence-electron chi connectivity index (χ0n) is 11.0. The second kappa shape index (κ2) is 7.43. The molecule has 0 bridgehead atoms. The number of allylic oxidation sites excluding steroid dienone is 3. The maximum atomic E-state index is 4.42. The molecule has 1 unspecified atom stereocenters. The summed E-state index contributed by atoms with van der Waals surface area (Å²) in [5.74, 6) is 0.703. The zero-order chi connectivity index (χ0) is 11.8. The van der Waals surface area contributed by atoms with Crippen molar-refractivity contribution in [1.82, 2.24) is 0 Å². The Labute approximate surface area is 100 Å². The Balaban J connectivity index is 2.57. The standard InChI is InChI=1S/C15H25N/c1-4-6-7-8-15-9-10-16-13(3)11-14(5-2)12-15/h9-11,15H,4-8,12H2,1-3H3/b10-9+,14-11-,16-13-. The van der Waals surface area contributed by atoms with Gasteiger partial charge in [0.1, 0.15) is 0 Å². The number of unbranched alkanes of at least 4 members (excludes halogenated alkanes) is 2. The minimum absolute atomic E-state index is 0.703. The van der Waals surface area contributed by atoms with Gasteiger partial charge in [0.05, 0.1) is 0 Å². The van der Waals surface area contributed by atoms with E-state index in [1.807, 2.05) is 6.20 Å². The van der Waals surface area contributed by atoms with E-state index in [0.29, 0.717) is 5.92 Å². The van der Waals surface area contributed by atoms with Crippen molar-refractivity contribution in [3.8, 4) is 0 Å². The van der Waals surface area contributed by atoms with Crippen LogP contribution in [0.5, 0.6) is 0 Å². The normalized spacial score (nSPS) is 29.6. The Morgan fingerprint density at radius 2 is 2.12 bits per heavy atom. The lowest BCUT2D eigenvalue weighted by Crippen LogP contribution is -2.02. The van der Waals surface area contributed by atoms with Crippen LogP contribution in [-0.2, 0) is 0 Å². The maximum Gasteiger partial charge on any atom is 0.0372 e. The Bertz CT molecular complexity index is 284. The molecule has 0 saturated carbocycles. The van der Waals surface area contributed by atoms with Gasteiger partial charge in [0.2, 0.25) is 0 Å². The van der Waals surface area contributed by atoms with E-state index >= 15 is 0 Å². The molecule has 0 aromatic carbocycles. The van der Waals surface area contributed by atoms with Gasteiger partial charge in [0.25, 0.3) is 0 Å². The molecular weight excluding hydrogens is 194 g/mol. The van der Waals surface area contributed by atoms with Crippen LogP contribution < -0.4 is 0 Å². The molecule has 0 aromatic rings. The first-order valence-corrected chi connectivity index (χ1v) is 6.66. The molecule has 0 saturated heterocycles. The van der Waals surface area contributed by atoms with Crippen molar-refractivity contribution in [1.29, 1.82) is 0 Å². The van der Waals surface area contributed by atoms with Crippen molar-refractivity contribution in [2.45, 2.75) is 59.3 Å². The molecule has 0 aromatic heterocycles. The molecule has 0 aliphatic carbocycles. The lowest BCUT2D eigenvalue weighted by atomic mass is 9.91. The summed E-state index contributed by atoms with van der Waals surface area (Å²) in [6.45, 7) is 6.59. The van der Waals surface area contributed by atoms with Crippen molar-refractivity contribution in [2.24, 2.45) is 10.9 Å². The quantitative estimate of drug-likeness (QED) is 0.583. The van der Waals surface area contributed by atoms with E-state index in [4.69, 9.17) is 0 Å². The summed E-state index contributed by atoms with van der Waals surface area (Å²) in [4.78, 5) is 4.42. The second-order valence-corrected chi connectivity index (χ2v) is 4.73. The highest BCUT2D eigenvalue weighted by Crippen LogP contribution is 2.23. The van der Waals surface area contributed by atoms with Crippen molar-refractivity contribution < 1.29 is 0 Å². The molecule has 0 amide bonds. The van der Waals surface area contributed by atoms with Crippen molar-refractivity contribution in [3.05, 3.63) is 23.9 Å². The number of nitrogens with zero attached hydrogens (tertiary/aromatic N) is 1. The van der Waals surface area contributed by atoms with Gasteiger partial charge in [-0.15, -0.1) is 0 Å². The van der Waals surface area contributed by atoms with E-state index in [1.165, 1.54) is 32.1 Å². The number of hydrogen-bond donors (Lipinski definition) is 0. The molecule has 1 atom stereocenters. The average Bonchev–Trinajstić information content (AvgIpc) is 2.25. The number of rotatable bonds is 5. The van der Waals surface area contributed by atoms with Gasteiger partial charge in [-0.2, -0.15) is 0 Å². The Morgan fingerprint density at radius 1 is 1.31 bits per heavy atom. The minimum Gasteiger partial charge on any atom is -0.262 e. The average molecular weight is 219 g/mol. The summed E-state index contributed by atoms with van der Waals surface area (Å²) >= 11 is 0. The topological polar surface area (TPSA) is 12.4 Å². The van der Waals surface area contributed by atoms with E-state index in [9.17, 15) is 0 Å². The Hall–Kier alpha value is -0.850. The first-order chi connectivity index (χ1) is 7.76. The van der Waals surface area contributed by atoms with Gasteiger partial charge in [0, 0.05) is 11.9 Å². The molecule has 1 rings (SSSR count). The van der Waals surface area contributed by atoms with Crippen LogP contribution in [-0.4, -0.2) is 5.71 Å². The SMILES string of the molecule is CCCCCC1/C=C/N=C(C)\C=C(\CC)C1. The van der Waals surface area contributed by atoms with Crippen molar-refractivity contribution in [3.63, 3.8) is 0 Å². The summed E-state index contributed by atoms with van der Waals surface area (Å²) in [7, 11) is 0. The van der Waals surface area contributed by atoms with E-state index in [2.05, 4.69) is 37.9 Å². The lowest BCUT2D eigenvalue weighted by molar-refractivity contribution is 0.530. The largest absolute Gasteiger partial charge is 0.262 e. The molecule has 1 heteroatoms. The Morgan fingerprint density at radius 3 is 2.81 bits per heavy atom. The monoisotopic (exact) mass is 219 g/mol. The summed E-state index contributed by atoms with van der Waals surface area (Å²) in [6.07, 6.45) is 14.3. The highest BCUT2D eigenvalue weighted by Gasteiger charge is 2.08. The molecule has 0 fully saturated rings. The maximum absolute atomic E-state index is 4.42. The van der Waals surface area contributed by atoms with Crippen LogP contribution in [0.4, 0.5) is 0 Å². The molecular formula is C15H25N. The van der Waals surface area contributed by atoms with Gasteiger partial charge >= 0.3 is 0 Å². The highest BCUT2D eigenvalue weighted by molar-refractivity contribution is 5.93. The van der Waals surface area contributed by atoms with Crippen LogP contribution >= 0.6 is 0 Å². The van der Waals surface area contributed by atoms with Gasteiger partial charge in [-0.1, -0.05) is 44.8 Å². The Kier molecular flexibility index (Phi) is 6.14. The fourth-order valence-electron chi connectivity index (χ4n) is 2.18. The van der Waals surface area contributed by atoms with Gasteiger partial charge in [0.15, 0.2) is 0 Å². The third-order valence-corrected chi connectivity index (χ3v) is 3.21. The van der Waals surface area contributed by atoms with Gasteiger partial charge in [-0.05, 0) is 38.2 Å². The molecule has 1 aliphatic rings. The molecule has 0 radical (unpaired) electrons. The lowest BCUT2D eigenvalue weighted by Gasteiger charge is -2.15. The minimum atomic E-state index is 0.703. The van der Waals surface area contributed by atoms with Crippen LogP contribution in [0.3, 0.4) is 0 Å². The molecule has 16 heavy (non-hydrogen) atoms. The third kappa shape index (κ3) is 4.78. The third-order valence-electron chi connectivity index (χ3n) is 3.21. The summed E-state index contributed by atoms with van der Waals surface area (Å²) in [5.41, 5.74) is 2.69. The fourth-order valence-corrected chi connectivity index (χ4v) is 2.18. The van der Waals surface area contributed by atoms with Crippen LogP contribution in [0.2, 0.25) is 0 Å². The second-order valence-electron chi connectivity index (χ2n) is 4.73. The predicted molar refractivity (Wildman–Crippen MR) is 72.9 cm³/mol. The number of hydrogen-bond acceptors (Lipinski definition) is 1. The number of aliphatic imine (C=N–C) groups is 1. The summed E-state index contributed by atoms with van der Waals surface area (Å²) in [6, 6.07) is 0. The smallest absolute Gasteiger partial charge is 0.0372 e.